The molecule has 1 heterocycles. The summed E-state index contributed by atoms with van der Waals surface area (Å²) < 4.78 is 5.17. The van der Waals surface area contributed by atoms with Crippen molar-refractivity contribution in [2.75, 3.05) is 26.7 Å². The van der Waals surface area contributed by atoms with Gasteiger partial charge in [-0.1, -0.05) is 6.92 Å². The van der Waals surface area contributed by atoms with Gasteiger partial charge in [-0.2, -0.15) is 11.3 Å². The minimum absolute atomic E-state index is 0. The molecule has 1 aromatic heterocycles. The average molecular weight is 468 g/mol. The molecule has 0 fully saturated rings. The molecule has 0 spiro atoms. The van der Waals surface area contributed by atoms with Gasteiger partial charge in [0.2, 0.25) is 0 Å². The maximum absolute atomic E-state index is 11.5. The quantitative estimate of drug-likeness (QED) is 0.260. The third kappa shape index (κ3) is 9.96. The molecule has 1 rings (SSSR count). The standard InChI is InChI=1S/C16H28N4O2S.HI/c1-12(13-6-9-23-11-13)10-20-14(17-5)18-7-8-19-15(21)22-16(2,3)4;/h6,9,11-12H,7-8,10H2,1-5H3,(H,19,21)(H2,17,18,20);1H. The molecule has 1 aromatic rings. The van der Waals surface area contributed by atoms with E-state index in [1.807, 2.05) is 20.8 Å². The van der Waals surface area contributed by atoms with Gasteiger partial charge in [0.1, 0.15) is 5.60 Å². The van der Waals surface area contributed by atoms with Crippen molar-refractivity contribution in [2.24, 2.45) is 4.99 Å². The summed E-state index contributed by atoms with van der Waals surface area (Å²) in [6.07, 6.45) is -0.409. The van der Waals surface area contributed by atoms with Crippen LogP contribution < -0.4 is 16.0 Å². The molecule has 6 nitrogen and oxygen atoms in total. The largest absolute Gasteiger partial charge is 0.444 e. The fourth-order valence-electron chi connectivity index (χ4n) is 1.80. The van der Waals surface area contributed by atoms with Gasteiger partial charge in [0.15, 0.2) is 5.96 Å². The third-order valence-corrected chi connectivity index (χ3v) is 3.70. The highest BCUT2D eigenvalue weighted by molar-refractivity contribution is 14.0. The van der Waals surface area contributed by atoms with E-state index in [2.05, 4.69) is 44.7 Å². The molecule has 3 N–H and O–H groups in total. The monoisotopic (exact) mass is 468 g/mol. The Morgan fingerprint density at radius 2 is 1.96 bits per heavy atom. The Balaban J connectivity index is 0.00000529. The van der Waals surface area contributed by atoms with Crippen LogP contribution in [0.5, 0.6) is 0 Å². The zero-order chi connectivity index (χ0) is 17.3. The molecule has 0 saturated carbocycles. The van der Waals surface area contributed by atoms with E-state index in [-0.39, 0.29) is 24.0 Å². The van der Waals surface area contributed by atoms with Gasteiger partial charge in [-0.3, -0.25) is 4.99 Å². The van der Waals surface area contributed by atoms with Crippen molar-refractivity contribution < 1.29 is 9.53 Å². The van der Waals surface area contributed by atoms with Crippen molar-refractivity contribution in [1.29, 1.82) is 0 Å². The summed E-state index contributed by atoms with van der Waals surface area (Å²) in [5.74, 6) is 1.14. The van der Waals surface area contributed by atoms with Gasteiger partial charge in [0, 0.05) is 26.7 Å². The first-order chi connectivity index (χ1) is 10.8. The number of carbonyl (C=O) groups excluding carboxylic acids is 1. The van der Waals surface area contributed by atoms with Crippen LogP contribution in [0.1, 0.15) is 39.2 Å². The van der Waals surface area contributed by atoms with E-state index >= 15 is 0 Å². The summed E-state index contributed by atoms with van der Waals surface area (Å²) in [5.41, 5.74) is 0.844. The molecule has 0 bridgehead atoms. The van der Waals surface area contributed by atoms with Crippen LogP contribution in [0.15, 0.2) is 21.8 Å². The van der Waals surface area contributed by atoms with Crippen LogP contribution in [0.3, 0.4) is 0 Å². The lowest BCUT2D eigenvalue weighted by Gasteiger charge is -2.20. The Kier molecular flexibility index (Phi) is 11.0. The molecule has 1 atom stereocenters. The Morgan fingerprint density at radius 3 is 2.50 bits per heavy atom. The maximum Gasteiger partial charge on any atom is 0.407 e. The molecule has 0 radical (unpaired) electrons. The number of rotatable bonds is 6. The number of amides is 1. The lowest BCUT2D eigenvalue weighted by molar-refractivity contribution is 0.0529. The molecule has 0 aliphatic carbocycles. The van der Waals surface area contributed by atoms with Gasteiger partial charge in [-0.15, -0.1) is 24.0 Å². The van der Waals surface area contributed by atoms with Gasteiger partial charge in [0.25, 0.3) is 0 Å². The third-order valence-electron chi connectivity index (χ3n) is 3.00. The molecular formula is C16H29IN4O2S. The number of halogens is 1. The number of hydrogen-bond donors (Lipinski definition) is 3. The summed E-state index contributed by atoms with van der Waals surface area (Å²) in [6, 6.07) is 2.14. The van der Waals surface area contributed by atoms with Crippen LogP contribution in [0.2, 0.25) is 0 Å². The van der Waals surface area contributed by atoms with Gasteiger partial charge >= 0.3 is 6.09 Å². The minimum Gasteiger partial charge on any atom is -0.444 e. The zero-order valence-corrected chi connectivity index (χ0v) is 18.2. The fraction of sp³-hybridized carbons (Fsp3) is 0.625. The number of nitrogens with zero attached hydrogens (tertiary/aromatic N) is 1. The van der Waals surface area contributed by atoms with Crippen molar-refractivity contribution in [3.05, 3.63) is 22.4 Å². The van der Waals surface area contributed by atoms with Crippen molar-refractivity contribution in [2.45, 2.75) is 39.2 Å². The molecule has 0 aliphatic heterocycles. The molecule has 8 heteroatoms. The summed E-state index contributed by atoms with van der Waals surface area (Å²) in [7, 11) is 1.73. The molecule has 138 valence electrons. The van der Waals surface area contributed by atoms with E-state index in [1.54, 1.807) is 18.4 Å². The first-order valence-electron chi connectivity index (χ1n) is 7.75. The highest BCUT2D eigenvalue weighted by Crippen LogP contribution is 2.16. The number of hydrogen-bond acceptors (Lipinski definition) is 4. The number of ether oxygens (including phenoxy) is 1. The van der Waals surface area contributed by atoms with Crippen molar-refractivity contribution in [3.8, 4) is 0 Å². The zero-order valence-electron chi connectivity index (χ0n) is 15.0. The number of alkyl carbamates (subject to hydrolysis) is 1. The van der Waals surface area contributed by atoms with E-state index in [4.69, 9.17) is 4.74 Å². The maximum atomic E-state index is 11.5. The van der Waals surface area contributed by atoms with Crippen LogP contribution in [-0.2, 0) is 4.74 Å². The van der Waals surface area contributed by atoms with E-state index in [0.717, 1.165) is 12.5 Å². The van der Waals surface area contributed by atoms with Crippen molar-refractivity contribution in [1.82, 2.24) is 16.0 Å². The normalized spacial score (nSPS) is 12.8. The highest BCUT2D eigenvalue weighted by Gasteiger charge is 2.15. The highest BCUT2D eigenvalue weighted by atomic mass is 127. The molecule has 0 aromatic carbocycles. The number of nitrogens with one attached hydrogen (secondary N) is 3. The predicted octanol–water partition coefficient (Wildman–Crippen LogP) is 3.16. The summed E-state index contributed by atoms with van der Waals surface area (Å²) in [6.45, 7) is 9.53. The van der Waals surface area contributed by atoms with Crippen molar-refractivity contribution >= 4 is 47.4 Å². The minimum atomic E-state index is -0.479. The van der Waals surface area contributed by atoms with Gasteiger partial charge < -0.3 is 20.7 Å². The van der Waals surface area contributed by atoms with E-state index in [9.17, 15) is 4.79 Å². The Labute approximate surface area is 165 Å². The molecular weight excluding hydrogens is 439 g/mol. The second kappa shape index (κ2) is 11.5. The SMILES string of the molecule is CN=C(NCCNC(=O)OC(C)(C)C)NCC(C)c1ccsc1.I. The van der Waals surface area contributed by atoms with Gasteiger partial charge in [-0.25, -0.2) is 4.79 Å². The molecule has 1 amide bonds. The second-order valence-corrected chi connectivity index (χ2v) is 7.05. The predicted molar refractivity (Wildman–Crippen MR) is 112 cm³/mol. The van der Waals surface area contributed by atoms with Crippen LogP contribution in [0.25, 0.3) is 0 Å². The van der Waals surface area contributed by atoms with Gasteiger partial charge in [0.05, 0.1) is 0 Å². The number of carbonyl (C=O) groups is 1. The first-order valence-corrected chi connectivity index (χ1v) is 8.69. The smallest absolute Gasteiger partial charge is 0.407 e. The topological polar surface area (TPSA) is 74.8 Å². The number of guanidine groups is 1. The molecule has 1 unspecified atom stereocenters. The molecule has 0 aliphatic rings. The van der Waals surface area contributed by atoms with E-state index < -0.39 is 11.7 Å². The van der Waals surface area contributed by atoms with Crippen molar-refractivity contribution in [3.63, 3.8) is 0 Å². The molecule has 24 heavy (non-hydrogen) atoms. The summed E-state index contributed by atoms with van der Waals surface area (Å²) >= 11 is 1.71. The number of aliphatic imine (C=N–C) groups is 1. The van der Waals surface area contributed by atoms with Crippen LogP contribution in [0, 0.1) is 0 Å². The number of thiophene rings is 1. The van der Waals surface area contributed by atoms with Crippen LogP contribution >= 0.6 is 35.3 Å². The van der Waals surface area contributed by atoms with Gasteiger partial charge in [-0.05, 0) is 49.1 Å². The lowest BCUT2D eigenvalue weighted by Crippen LogP contribution is -2.43. The summed E-state index contributed by atoms with van der Waals surface area (Å²) in [4.78, 5) is 15.7. The van der Waals surface area contributed by atoms with Crippen LogP contribution in [-0.4, -0.2) is 44.3 Å². The fourth-order valence-corrected chi connectivity index (χ4v) is 2.59. The lowest BCUT2D eigenvalue weighted by atomic mass is 10.1. The van der Waals surface area contributed by atoms with E-state index in [1.165, 1.54) is 5.56 Å². The first kappa shape index (κ1) is 23.0. The Bertz CT molecular complexity index is 501. The second-order valence-electron chi connectivity index (χ2n) is 6.27. The molecule has 0 saturated heterocycles. The summed E-state index contributed by atoms with van der Waals surface area (Å²) in [5, 5.41) is 13.4. The Morgan fingerprint density at radius 1 is 1.29 bits per heavy atom. The van der Waals surface area contributed by atoms with Crippen LogP contribution in [0.4, 0.5) is 4.79 Å². The average Bonchev–Trinajstić information content (AvgIpc) is 2.98. The Hall–Kier alpha value is -1.03. The van der Waals surface area contributed by atoms with E-state index in [0.29, 0.717) is 19.0 Å².